The van der Waals surface area contributed by atoms with Crippen molar-refractivity contribution >= 4 is 17.3 Å². The molecule has 152 valence electrons. The highest BCUT2D eigenvalue weighted by molar-refractivity contribution is 6.07. The zero-order valence-corrected chi connectivity index (χ0v) is 16.4. The number of phenols is 2. The quantitative estimate of drug-likeness (QED) is 0.410. The fourth-order valence-electron chi connectivity index (χ4n) is 3.21. The first kappa shape index (κ1) is 20.3. The summed E-state index contributed by atoms with van der Waals surface area (Å²) in [5, 5.41) is 31.0. The summed E-state index contributed by atoms with van der Waals surface area (Å²) in [6, 6.07) is 5.94. The molecule has 0 radical (unpaired) electrons. The number of aromatic hydroxyl groups is 2. The van der Waals surface area contributed by atoms with Crippen LogP contribution in [-0.4, -0.2) is 41.9 Å². The van der Waals surface area contributed by atoms with E-state index in [1.54, 1.807) is 19.1 Å². The average molecular weight is 398 g/mol. The van der Waals surface area contributed by atoms with Crippen LogP contribution in [0.1, 0.15) is 22.8 Å². The molecule has 0 fully saturated rings. The predicted molar refractivity (Wildman–Crippen MR) is 108 cm³/mol. The van der Waals surface area contributed by atoms with Gasteiger partial charge in [-0.15, -0.1) is 0 Å². The van der Waals surface area contributed by atoms with E-state index in [0.717, 1.165) is 0 Å². The number of methoxy groups -OCH3 is 2. The van der Waals surface area contributed by atoms with E-state index in [4.69, 9.17) is 13.9 Å². The Morgan fingerprint density at radius 2 is 1.90 bits per heavy atom. The maximum absolute atomic E-state index is 11.9. The first-order chi connectivity index (χ1) is 13.8. The van der Waals surface area contributed by atoms with Gasteiger partial charge in [-0.25, -0.2) is 0 Å². The van der Waals surface area contributed by atoms with E-state index in [-0.39, 0.29) is 40.2 Å². The van der Waals surface area contributed by atoms with E-state index in [1.807, 2.05) is 0 Å². The molecule has 0 amide bonds. The molecule has 3 aromatic rings. The number of fused-ring (bicyclic) bond motifs is 1. The smallest absolute Gasteiger partial charge is 0.154 e. The molecule has 0 saturated heterocycles. The molecule has 0 aliphatic rings. The van der Waals surface area contributed by atoms with Crippen LogP contribution in [0.3, 0.4) is 0 Å². The molecule has 7 nitrogen and oxygen atoms in total. The van der Waals surface area contributed by atoms with Gasteiger partial charge in [0.25, 0.3) is 0 Å². The number of rotatable bonds is 7. The molecule has 7 heteroatoms. The molecule has 1 atom stereocenters. The number of aliphatic hydroxyl groups is 1. The van der Waals surface area contributed by atoms with Crippen LogP contribution in [-0.2, 0) is 6.42 Å². The van der Waals surface area contributed by atoms with Crippen molar-refractivity contribution in [1.29, 1.82) is 0 Å². The van der Waals surface area contributed by atoms with Crippen LogP contribution >= 0.6 is 0 Å². The van der Waals surface area contributed by atoms with Crippen LogP contribution in [0.5, 0.6) is 23.0 Å². The molecule has 0 saturated carbocycles. The Balaban J connectivity index is 2.30. The van der Waals surface area contributed by atoms with Crippen LogP contribution in [0.15, 0.2) is 40.8 Å². The van der Waals surface area contributed by atoms with Gasteiger partial charge in [-0.2, -0.15) is 0 Å². The maximum atomic E-state index is 11.9. The summed E-state index contributed by atoms with van der Waals surface area (Å²) in [5.74, 6) is 0.577. The van der Waals surface area contributed by atoms with E-state index in [1.165, 1.54) is 26.4 Å². The number of phenolic OH excluding ortho intramolecular Hbond substituents is 2. The summed E-state index contributed by atoms with van der Waals surface area (Å²) in [6.07, 6.45) is -0.254. The number of hydrogen-bond acceptors (Lipinski definition) is 7. The van der Waals surface area contributed by atoms with Crippen LogP contribution in [0, 0.1) is 0 Å². The average Bonchev–Trinajstić information content (AvgIpc) is 3.07. The Morgan fingerprint density at radius 3 is 2.48 bits per heavy atom. The topological polar surface area (TPSA) is 109 Å². The van der Waals surface area contributed by atoms with Gasteiger partial charge in [0, 0.05) is 24.1 Å². The number of ether oxygens (including phenoxy) is 2. The Labute approximate surface area is 167 Å². The van der Waals surface area contributed by atoms with Crippen LogP contribution in [0.2, 0.25) is 0 Å². The van der Waals surface area contributed by atoms with Crippen molar-refractivity contribution in [2.45, 2.75) is 19.4 Å². The van der Waals surface area contributed by atoms with E-state index in [0.29, 0.717) is 34.5 Å². The fourth-order valence-corrected chi connectivity index (χ4v) is 3.21. The van der Waals surface area contributed by atoms with Gasteiger partial charge >= 0.3 is 0 Å². The number of hydrogen-bond donors (Lipinski definition) is 3. The van der Waals surface area contributed by atoms with Gasteiger partial charge in [0.15, 0.2) is 6.29 Å². The monoisotopic (exact) mass is 398 g/mol. The van der Waals surface area contributed by atoms with Gasteiger partial charge in [0.05, 0.1) is 36.8 Å². The van der Waals surface area contributed by atoms with Gasteiger partial charge in [-0.1, -0.05) is 12.2 Å². The van der Waals surface area contributed by atoms with Crippen molar-refractivity contribution in [3.63, 3.8) is 0 Å². The first-order valence-corrected chi connectivity index (χ1v) is 8.83. The number of furan rings is 1. The molecule has 1 aromatic heterocycles. The Morgan fingerprint density at radius 1 is 1.21 bits per heavy atom. The number of carbonyl (C=O) groups excluding carboxylic acids is 1. The largest absolute Gasteiger partial charge is 0.508 e. The van der Waals surface area contributed by atoms with Crippen molar-refractivity contribution in [2.75, 3.05) is 14.2 Å². The standard InChI is InChI=1S/C22H22O7/c1-11(2)16(25)8-14-18(28-4)9-19-20(21(14)26)15(10-23)22(29-19)13-6-5-12(24)7-17(13)27-3/h5-7,9-10,16,24-26H,1,8H2,2-4H3. The summed E-state index contributed by atoms with van der Waals surface area (Å²) in [7, 11) is 2.86. The van der Waals surface area contributed by atoms with Crippen molar-refractivity contribution < 1.29 is 34.0 Å². The molecule has 0 spiro atoms. The number of benzene rings is 2. The van der Waals surface area contributed by atoms with Crippen LogP contribution in [0.4, 0.5) is 0 Å². The summed E-state index contributed by atoms with van der Waals surface area (Å²) in [4.78, 5) is 11.9. The van der Waals surface area contributed by atoms with Crippen molar-refractivity contribution in [3.8, 4) is 34.3 Å². The zero-order valence-electron chi connectivity index (χ0n) is 16.4. The summed E-state index contributed by atoms with van der Waals surface area (Å²) in [6.45, 7) is 5.40. The second-order valence-corrected chi connectivity index (χ2v) is 6.69. The number of carbonyl (C=O) groups is 1. The molecule has 3 N–H and O–H groups in total. The molecular formula is C22H22O7. The van der Waals surface area contributed by atoms with Gasteiger partial charge in [-0.3, -0.25) is 4.79 Å². The normalized spacial score (nSPS) is 12.0. The SMILES string of the molecule is C=C(C)C(O)Cc1c(OC)cc2oc(-c3ccc(O)cc3OC)c(C=O)c2c1O. The molecule has 0 aliphatic heterocycles. The molecule has 1 unspecified atom stereocenters. The summed E-state index contributed by atoms with van der Waals surface area (Å²) in [5.41, 5.74) is 1.66. The minimum atomic E-state index is -0.893. The molecule has 3 rings (SSSR count). The third-order valence-corrected chi connectivity index (χ3v) is 4.79. The van der Waals surface area contributed by atoms with E-state index in [2.05, 4.69) is 6.58 Å². The highest BCUT2D eigenvalue weighted by Crippen LogP contribution is 2.45. The fraction of sp³-hybridized carbons (Fsp3) is 0.227. The predicted octanol–water partition coefficient (Wildman–Crippen LogP) is 3.82. The van der Waals surface area contributed by atoms with Crippen LogP contribution < -0.4 is 9.47 Å². The van der Waals surface area contributed by atoms with Crippen molar-refractivity contribution in [3.05, 3.63) is 47.5 Å². The Bertz CT molecular complexity index is 1090. The first-order valence-electron chi connectivity index (χ1n) is 8.83. The maximum Gasteiger partial charge on any atom is 0.154 e. The lowest BCUT2D eigenvalue weighted by atomic mass is 9.97. The summed E-state index contributed by atoms with van der Waals surface area (Å²) < 4.78 is 16.5. The third kappa shape index (κ3) is 3.52. The molecule has 29 heavy (non-hydrogen) atoms. The molecule has 0 aliphatic carbocycles. The minimum Gasteiger partial charge on any atom is -0.508 e. The third-order valence-electron chi connectivity index (χ3n) is 4.79. The van der Waals surface area contributed by atoms with E-state index < -0.39 is 6.10 Å². The highest BCUT2D eigenvalue weighted by Gasteiger charge is 2.26. The Kier molecular flexibility index (Phi) is 5.52. The number of aliphatic hydroxyl groups excluding tert-OH is 1. The zero-order chi connectivity index (χ0) is 21.3. The molecule has 1 heterocycles. The lowest BCUT2D eigenvalue weighted by Gasteiger charge is -2.15. The highest BCUT2D eigenvalue weighted by atomic mass is 16.5. The molecule has 2 aromatic carbocycles. The second-order valence-electron chi connectivity index (χ2n) is 6.69. The van der Waals surface area contributed by atoms with E-state index in [9.17, 15) is 20.1 Å². The van der Waals surface area contributed by atoms with Crippen molar-refractivity contribution in [2.24, 2.45) is 0 Å². The summed E-state index contributed by atoms with van der Waals surface area (Å²) >= 11 is 0. The minimum absolute atomic E-state index is 0.00468. The molecular weight excluding hydrogens is 376 g/mol. The van der Waals surface area contributed by atoms with Gasteiger partial charge in [-0.05, 0) is 19.1 Å². The second kappa shape index (κ2) is 7.89. The molecule has 0 bridgehead atoms. The van der Waals surface area contributed by atoms with Crippen molar-refractivity contribution in [1.82, 2.24) is 0 Å². The Hall–Kier alpha value is -3.45. The van der Waals surface area contributed by atoms with E-state index >= 15 is 0 Å². The van der Waals surface area contributed by atoms with Gasteiger partial charge in [0.2, 0.25) is 0 Å². The van der Waals surface area contributed by atoms with Gasteiger partial charge < -0.3 is 29.2 Å². The van der Waals surface area contributed by atoms with Crippen LogP contribution in [0.25, 0.3) is 22.3 Å². The number of aldehydes is 1. The lowest BCUT2D eigenvalue weighted by Crippen LogP contribution is -2.12. The van der Waals surface area contributed by atoms with Gasteiger partial charge in [0.1, 0.15) is 34.3 Å². The lowest BCUT2D eigenvalue weighted by molar-refractivity contribution is 0.112.